The maximum atomic E-state index is 14.2. The van der Waals surface area contributed by atoms with Crippen molar-refractivity contribution in [2.75, 3.05) is 59.4 Å². The van der Waals surface area contributed by atoms with Crippen LogP contribution in [0.25, 0.3) is 0 Å². The standard InChI is InChI=1S/C61H73N3O20/c65-51(77-35-38-80-57(72)44-21-7-1-8-22-44)32-17-5-15-29-48(43-53(67)79-37-40-82-59(74)46-25-11-3-12-26-46)54(68)63-49(30-16-6-18-33-52(66)78-36-39-81-58(73)45-23-9-2-10-24-45)55(69)64-50(56(70)71)31-19-20-34-62-61(76)84-42-41-83-60(75)47-27-13-4-14-28-47/h1-4,7-14,21-28,48-50H,5-6,15-20,29-43H2,(H,62,76)(H,63,68)(H,64,69)(H,70,71). The zero-order valence-electron chi connectivity index (χ0n) is 46.7. The van der Waals surface area contributed by atoms with Gasteiger partial charge in [0.1, 0.15) is 64.9 Å². The van der Waals surface area contributed by atoms with Crippen LogP contribution in [-0.4, -0.2) is 142 Å². The smallest absolute Gasteiger partial charge is 0.407 e. The van der Waals surface area contributed by atoms with Crippen molar-refractivity contribution in [2.45, 2.75) is 102 Å². The van der Waals surface area contributed by atoms with E-state index in [2.05, 4.69) is 16.0 Å². The van der Waals surface area contributed by atoms with Gasteiger partial charge in [-0.25, -0.2) is 28.8 Å². The van der Waals surface area contributed by atoms with Crippen molar-refractivity contribution >= 4 is 65.7 Å². The predicted molar refractivity (Wildman–Crippen MR) is 299 cm³/mol. The molecule has 0 aliphatic heterocycles. The first kappa shape index (κ1) is 67.4. The van der Waals surface area contributed by atoms with E-state index in [1.54, 1.807) is 121 Å². The van der Waals surface area contributed by atoms with Crippen molar-refractivity contribution in [3.8, 4) is 0 Å². The molecule has 452 valence electrons. The molecule has 0 aromatic heterocycles. The minimum Gasteiger partial charge on any atom is -0.480 e. The quantitative estimate of drug-likeness (QED) is 0.0200. The minimum atomic E-state index is -1.43. The van der Waals surface area contributed by atoms with Gasteiger partial charge in [-0.2, -0.15) is 0 Å². The van der Waals surface area contributed by atoms with Crippen LogP contribution in [0.1, 0.15) is 131 Å². The molecule has 4 aromatic carbocycles. The number of benzene rings is 4. The number of amides is 3. The highest BCUT2D eigenvalue weighted by atomic mass is 16.6. The van der Waals surface area contributed by atoms with E-state index in [1.807, 2.05) is 0 Å². The topological polar surface area (TPSA) is 318 Å². The van der Waals surface area contributed by atoms with Crippen molar-refractivity contribution in [3.05, 3.63) is 144 Å². The molecule has 0 saturated carbocycles. The number of esters is 7. The maximum Gasteiger partial charge on any atom is 0.407 e. The van der Waals surface area contributed by atoms with E-state index < -0.39 is 90.1 Å². The molecule has 3 unspecified atom stereocenters. The number of carboxylic acids is 1. The predicted octanol–water partition coefficient (Wildman–Crippen LogP) is 6.90. The lowest BCUT2D eigenvalue weighted by Crippen LogP contribution is -2.52. The molecule has 0 bridgehead atoms. The fourth-order valence-electron chi connectivity index (χ4n) is 7.93. The van der Waals surface area contributed by atoms with Crippen LogP contribution in [0.15, 0.2) is 121 Å². The first-order valence-corrected chi connectivity index (χ1v) is 27.8. The fourth-order valence-corrected chi connectivity index (χ4v) is 7.93. The van der Waals surface area contributed by atoms with Gasteiger partial charge in [-0.3, -0.25) is 24.0 Å². The van der Waals surface area contributed by atoms with Gasteiger partial charge in [0.05, 0.1) is 28.7 Å². The number of hydrogen-bond acceptors (Lipinski definition) is 19. The number of alkyl carbamates (subject to hydrolysis) is 1. The molecule has 0 radical (unpaired) electrons. The number of rotatable bonds is 40. The molecule has 84 heavy (non-hydrogen) atoms. The first-order valence-electron chi connectivity index (χ1n) is 27.8. The molecule has 0 fully saturated rings. The highest BCUT2D eigenvalue weighted by Gasteiger charge is 2.30. The molecule has 4 rings (SSSR count). The van der Waals surface area contributed by atoms with Crippen molar-refractivity contribution in [3.63, 3.8) is 0 Å². The number of hydrogen-bond donors (Lipinski definition) is 4. The molecule has 0 heterocycles. The van der Waals surface area contributed by atoms with Gasteiger partial charge in [-0.1, -0.05) is 98.5 Å². The third-order valence-electron chi connectivity index (χ3n) is 12.4. The second-order valence-electron chi connectivity index (χ2n) is 18.8. The molecule has 23 nitrogen and oxygen atoms in total. The summed E-state index contributed by atoms with van der Waals surface area (Å²) < 4.78 is 41.3. The molecule has 4 aromatic rings. The monoisotopic (exact) mass is 1170 g/mol. The Morgan fingerprint density at radius 1 is 0.357 bits per heavy atom. The van der Waals surface area contributed by atoms with Crippen LogP contribution >= 0.6 is 0 Å². The Labute approximate surface area is 486 Å². The van der Waals surface area contributed by atoms with E-state index in [9.17, 15) is 57.8 Å². The SMILES string of the molecule is O=C(CCCCCC(CC(=O)OCCOC(=O)c1ccccc1)C(=O)NC(CCCCCC(=O)OCCOC(=O)c1ccccc1)C(=O)NC(CCCCNC(=O)OCCOC(=O)c1ccccc1)C(=O)O)OCCOC(=O)c1ccccc1. The van der Waals surface area contributed by atoms with E-state index in [0.717, 1.165) is 0 Å². The summed E-state index contributed by atoms with van der Waals surface area (Å²) in [6.45, 7) is -1.57. The second-order valence-corrected chi connectivity index (χ2v) is 18.8. The molecule has 3 amide bonds. The summed E-state index contributed by atoms with van der Waals surface area (Å²) >= 11 is 0. The minimum absolute atomic E-state index is 0.000979. The largest absolute Gasteiger partial charge is 0.480 e. The summed E-state index contributed by atoms with van der Waals surface area (Å²) in [5, 5.41) is 17.9. The lowest BCUT2D eigenvalue weighted by atomic mass is 9.95. The number of unbranched alkanes of at least 4 members (excludes halogenated alkanes) is 5. The Bertz CT molecular complexity index is 2690. The van der Waals surface area contributed by atoms with Gasteiger partial charge < -0.3 is 59.0 Å². The number of nitrogens with one attached hydrogen (secondary N) is 3. The molecule has 0 spiro atoms. The van der Waals surface area contributed by atoms with E-state index >= 15 is 0 Å². The Kier molecular flexibility index (Phi) is 32.2. The molecule has 0 saturated heterocycles. The summed E-state index contributed by atoms with van der Waals surface area (Å²) in [6, 6.07) is 30.2. The summed E-state index contributed by atoms with van der Waals surface area (Å²) in [6.07, 6.45) is 1.17. The van der Waals surface area contributed by atoms with Crippen LogP contribution < -0.4 is 16.0 Å². The molecule has 0 aliphatic rings. The van der Waals surface area contributed by atoms with Crippen molar-refractivity contribution < 1.29 is 95.7 Å². The van der Waals surface area contributed by atoms with Crippen LogP contribution in [0.2, 0.25) is 0 Å². The van der Waals surface area contributed by atoms with E-state index in [0.29, 0.717) is 48.8 Å². The molecule has 23 heteroatoms. The summed E-state index contributed by atoms with van der Waals surface area (Å²) in [5.74, 6) is -8.32. The average Bonchev–Trinajstić information content (AvgIpc) is 3.62. The highest BCUT2D eigenvalue weighted by Crippen LogP contribution is 2.19. The number of aliphatic carboxylic acids is 1. The van der Waals surface area contributed by atoms with Crippen LogP contribution in [0.4, 0.5) is 4.79 Å². The number of ether oxygens (including phenoxy) is 8. The number of carbonyl (C=O) groups is 11. The summed E-state index contributed by atoms with van der Waals surface area (Å²) in [4.78, 5) is 140. The Hall–Kier alpha value is -9.15. The van der Waals surface area contributed by atoms with E-state index in [4.69, 9.17) is 37.9 Å². The van der Waals surface area contributed by atoms with Crippen LogP contribution in [-0.2, 0) is 66.7 Å². The summed E-state index contributed by atoms with van der Waals surface area (Å²) in [5.41, 5.74) is 1.32. The normalized spacial score (nSPS) is 11.7. The second kappa shape index (κ2) is 40.1. The van der Waals surface area contributed by atoms with Crippen molar-refractivity contribution in [2.24, 2.45) is 5.92 Å². The van der Waals surface area contributed by atoms with Crippen molar-refractivity contribution in [1.82, 2.24) is 16.0 Å². The van der Waals surface area contributed by atoms with Gasteiger partial charge in [0.2, 0.25) is 11.8 Å². The van der Waals surface area contributed by atoms with Gasteiger partial charge >= 0.3 is 53.8 Å². The van der Waals surface area contributed by atoms with Gasteiger partial charge in [0.15, 0.2) is 0 Å². The highest BCUT2D eigenvalue weighted by molar-refractivity contribution is 5.93. The maximum absolute atomic E-state index is 14.2. The van der Waals surface area contributed by atoms with Gasteiger partial charge in [0, 0.05) is 25.3 Å². The average molecular weight is 1170 g/mol. The molecular formula is C61H73N3O20. The van der Waals surface area contributed by atoms with Gasteiger partial charge in [-0.05, 0) is 93.5 Å². The summed E-state index contributed by atoms with van der Waals surface area (Å²) in [7, 11) is 0. The number of carboxylic acid groups (broad SMARTS) is 1. The fraction of sp³-hybridized carbons (Fsp3) is 0.426. The van der Waals surface area contributed by atoms with Crippen LogP contribution in [0.3, 0.4) is 0 Å². The molecule has 3 atom stereocenters. The lowest BCUT2D eigenvalue weighted by Gasteiger charge is -2.24. The Balaban J connectivity index is 1.32. The Morgan fingerprint density at radius 3 is 1.12 bits per heavy atom. The molecular weight excluding hydrogens is 1090 g/mol. The Morgan fingerprint density at radius 2 is 0.702 bits per heavy atom. The van der Waals surface area contributed by atoms with Gasteiger partial charge in [0.25, 0.3) is 0 Å². The van der Waals surface area contributed by atoms with Gasteiger partial charge in [-0.15, -0.1) is 0 Å². The third kappa shape index (κ3) is 28.5. The third-order valence-corrected chi connectivity index (χ3v) is 12.4. The zero-order valence-corrected chi connectivity index (χ0v) is 46.7. The number of carbonyl (C=O) groups excluding carboxylic acids is 10. The molecule has 4 N–H and O–H groups in total. The van der Waals surface area contributed by atoms with E-state index in [-0.39, 0.29) is 116 Å². The van der Waals surface area contributed by atoms with E-state index in [1.165, 1.54) is 0 Å². The molecule has 0 aliphatic carbocycles. The first-order chi connectivity index (χ1) is 40.7. The van der Waals surface area contributed by atoms with Crippen molar-refractivity contribution in [1.29, 1.82) is 0 Å². The van der Waals surface area contributed by atoms with Crippen LogP contribution in [0.5, 0.6) is 0 Å². The lowest BCUT2D eigenvalue weighted by molar-refractivity contribution is -0.148. The zero-order chi connectivity index (χ0) is 60.6. The van der Waals surface area contributed by atoms with Crippen LogP contribution in [0, 0.1) is 5.92 Å².